The smallest absolute Gasteiger partial charge is 0.345 e. The number of nitro benzene ring substituents is 1. The van der Waals surface area contributed by atoms with Gasteiger partial charge in [-0.05, 0) is 12.8 Å². The predicted molar refractivity (Wildman–Crippen MR) is 88.3 cm³/mol. The van der Waals surface area contributed by atoms with E-state index in [-0.39, 0.29) is 28.9 Å². The Morgan fingerprint density at radius 3 is 2.80 bits per heavy atom. The van der Waals surface area contributed by atoms with Gasteiger partial charge >= 0.3 is 5.97 Å². The molecule has 0 saturated carbocycles. The maximum absolute atomic E-state index is 11.7. The van der Waals surface area contributed by atoms with E-state index in [9.17, 15) is 14.9 Å². The summed E-state index contributed by atoms with van der Waals surface area (Å²) in [6, 6.07) is 2.44. The molecule has 0 spiro atoms. The highest BCUT2D eigenvalue weighted by molar-refractivity contribution is 5.94. The number of rotatable bonds is 8. The largest absolute Gasteiger partial charge is 0.493 e. The van der Waals surface area contributed by atoms with Crippen molar-refractivity contribution in [1.82, 2.24) is 5.32 Å². The average molecular weight is 354 g/mol. The molecular formula is C16H22N2O7. The van der Waals surface area contributed by atoms with Crippen LogP contribution in [-0.2, 0) is 9.47 Å². The molecule has 1 fully saturated rings. The fraction of sp³-hybridized carbons (Fsp3) is 0.562. The number of carbonyl (C=O) groups excluding carboxylic acids is 1. The number of ether oxygens (including phenoxy) is 4. The lowest BCUT2D eigenvalue weighted by molar-refractivity contribution is -0.385. The molecule has 1 aliphatic heterocycles. The number of hydrogen-bond acceptors (Lipinski definition) is 8. The van der Waals surface area contributed by atoms with Crippen molar-refractivity contribution >= 4 is 11.7 Å². The lowest BCUT2D eigenvalue weighted by Crippen LogP contribution is -2.38. The van der Waals surface area contributed by atoms with Crippen LogP contribution < -0.4 is 14.8 Å². The summed E-state index contributed by atoms with van der Waals surface area (Å²) >= 11 is 0. The van der Waals surface area contributed by atoms with E-state index in [2.05, 4.69) is 10.1 Å². The number of hydrogen-bond donors (Lipinski definition) is 1. The Kier molecular flexibility index (Phi) is 6.96. The second kappa shape index (κ2) is 9.19. The summed E-state index contributed by atoms with van der Waals surface area (Å²) in [5.74, 6) is -0.357. The van der Waals surface area contributed by atoms with Crippen LogP contribution in [0.2, 0.25) is 0 Å². The van der Waals surface area contributed by atoms with E-state index in [1.807, 2.05) is 0 Å². The van der Waals surface area contributed by atoms with Crippen LogP contribution in [0.1, 0.15) is 23.2 Å². The molecule has 0 aliphatic carbocycles. The van der Waals surface area contributed by atoms with E-state index in [0.29, 0.717) is 13.2 Å². The summed E-state index contributed by atoms with van der Waals surface area (Å²) in [6.07, 6.45) is 1.69. The van der Waals surface area contributed by atoms with E-state index in [0.717, 1.165) is 33.0 Å². The number of nitrogens with one attached hydrogen (secondary N) is 1. The van der Waals surface area contributed by atoms with Crippen LogP contribution in [-0.4, -0.2) is 57.5 Å². The predicted octanol–water partition coefficient (Wildman–Crippen LogP) is 1.54. The van der Waals surface area contributed by atoms with E-state index in [4.69, 9.17) is 14.2 Å². The molecule has 9 nitrogen and oxygen atoms in total. The molecule has 1 saturated heterocycles. The quantitative estimate of drug-likeness (QED) is 0.324. The molecule has 1 aromatic carbocycles. The molecule has 0 aromatic heterocycles. The minimum atomic E-state index is -0.807. The molecule has 1 atom stereocenters. The highest BCUT2D eigenvalue weighted by Gasteiger charge is 2.25. The Balaban J connectivity index is 2.04. The summed E-state index contributed by atoms with van der Waals surface area (Å²) in [5.41, 5.74) is -0.569. The second-order valence-corrected chi connectivity index (χ2v) is 5.46. The number of esters is 1. The fourth-order valence-electron chi connectivity index (χ4n) is 2.54. The third kappa shape index (κ3) is 5.04. The Hall–Kier alpha value is -2.39. The number of morpholine rings is 1. The molecule has 0 radical (unpaired) electrons. The third-order valence-corrected chi connectivity index (χ3v) is 3.82. The van der Waals surface area contributed by atoms with E-state index < -0.39 is 10.9 Å². The molecular weight excluding hydrogens is 332 g/mol. The molecule has 1 aliphatic rings. The first-order chi connectivity index (χ1) is 12.1. The van der Waals surface area contributed by atoms with Crippen molar-refractivity contribution in [1.29, 1.82) is 0 Å². The Labute approximate surface area is 145 Å². The van der Waals surface area contributed by atoms with Gasteiger partial charge in [0.1, 0.15) is 5.56 Å². The number of methoxy groups -OCH3 is 2. The first-order valence-electron chi connectivity index (χ1n) is 7.96. The second-order valence-electron chi connectivity index (χ2n) is 5.46. The maximum Gasteiger partial charge on any atom is 0.345 e. The van der Waals surface area contributed by atoms with Crippen LogP contribution in [0.25, 0.3) is 0 Å². The number of carbonyl (C=O) groups is 1. The zero-order valence-corrected chi connectivity index (χ0v) is 14.3. The van der Waals surface area contributed by atoms with Crippen molar-refractivity contribution < 1.29 is 28.7 Å². The lowest BCUT2D eigenvalue weighted by atomic mass is 10.1. The normalized spacial score (nSPS) is 17.0. The fourth-order valence-corrected chi connectivity index (χ4v) is 2.54. The molecule has 1 aromatic rings. The Morgan fingerprint density at radius 2 is 2.20 bits per heavy atom. The van der Waals surface area contributed by atoms with Gasteiger partial charge in [0, 0.05) is 19.2 Å². The summed E-state index contributed by atoms with van der Waals surface area (Å²) in [6.45, 7) is 2.72. The maximum atomic E-state index is 11.7. The molecule has 25 heavy (non-hydrogen) atoms. The van der Waals surface area contributed by atoms with Crippen molar-refractivity contribution in [3.05, 3.63) is 27.8 Å². The van der Waals surface area contributed by atoms with Crippen LogP contribution in [0.15, 0.2) is 12.1 Å². The minimum Gasteiger partial charge on any atom is -0.493 e. The van der Waals surface area contributed by atoms with Gasteiger partial charge in [0.05, 0.1) is 44.5 Å². The first-order valence-corrected chi connectivity index (χ1v) is 7.96. The van der Waals surface area contributed by atoms with Gasteiger partial charge in [-0.2, -0.15) is 0 Å². The van der Waals surface area contributed by atoms with Gasteiger partial charge in [-0.15, -0.1) is 0 Å². The van der Waals surface area contributed by atoms with Gasteiger partial charge < -0.3 is 24.3 Å². The molecule has 0 amide bonds. The highest BCUT2D eigenvalue weighted by Crippen LogP contribution is 2.35. The van der Waals surface area contributed by atoms with E-state index in [1.165, 1.54) is 19.2 Å². The van der Waals surface area contributed by atoms with Crippen LogP contribution in [0.3, 0.4) is 0 Å². The van der Waals surface area contributed by atoms with Crippen LogP contribution >= 0.6 is 0 Å². The SMILES string of the molecule is COC(=O)c1cc(OC)c(OCCCC2CNCCO2)cc1[N+](=O)[O-]. The minimum absolute atomic E-state index is 0.148. The van der Waals surface area contributed by atoms with Gasteiger partial charge in [0.25, 0.3) is 5.69 Å². The van der Waals surface area contributed by atoms with E-state index >= 15 is 0 Å². The topological polar surface area (TPSA) is 109 Å². The van der Waals surface area contributed by atoms with Gasteiger partial charge in [0.2, 0.25) is 0 Å². The van der Waals surface area contributed by atoms with Crippen molar-refractivity contribution in [2.24, 2.45) is 0 Å². The summed E-state index contributed by atoms with van der Waals surface area (Å²) in [5, 5.41) is 14.5. The zero-order valence-electron chi connectivity index (χ0n) is 14.3. The molecule has 2 rings (SSSR count). The molecule has 138 valence electrons. The van der Waals surface area contributed by atoms with Crippen LogP contribution in [0, 0.1) is 10.1 Å². The van der Waals surface area contributed by atoms with Crippen LogP contribution in [0.5, 0.6) is 11.5 Å². The van der Waals surface area contributed by atoms with Gasteiger partial charge in [0.15, 0.2) is 11.5 Å². The number of nitro groups is 1. The average Bonchev–Trinajstić information content (AvgIpc) is 2.64. The van der Waals surface area contributed by atoms with Crippen LogP contribution in [0.4, 0.5) is 5.69 Å². The monoisotopic (exact) mass is 354 g/mol. The molecule has 9 heteroatoms. The molecule has 1 heterocycles. The lowest BCUT2D eigenvalue weighted by Gasteiger charge is -2.23. The standard InChI is InChI=1S/C16H22N2O7/c1-22-14-8-12(16(19)23-2)13(18(20)21)9-15(14)25-6-3-4-11-10-17-5-7-24-11/h8-9,11,17H,3-7,10H2,1-2H3. The van der Waals surface area contributed by atoms with Crippen molar-refractivity contribution in [2.75, 3.05) is 40.5 Å². The molecule has 1 N–H and O–H groups in total. The van der Waals surface area contributed by atoms with Gasteiger partial charge in [-0.1, -0.05) is 0 Å². The molecule has 0 bridgehead atoms. The van der Waals surface area contributed by atoms with Gasteiger partial charge in [-0.3, -0.25) is 10.1 Å². The number of nitrogens with zero attached hydrogens (tertiary/aromatic N) is 1. The molecule has 1 unspecified atom stereocenters. The third-order valence-electron chi connectivity index (χ3n) is 3.82. The zero-order chi connectivity index (χ0) is 18.2. The summed E-state index contributed by atoms with van der Waals surface area (Å²) in [4.78, 5) is 22.3. The number of benzene rings is 1. The Bertz CT molecular complexity index is 615. The van der Waals surface area contributed by atoms with E-state index in [1.54, 1.807) is 0 Å². The summed E-state index contributed by atoms with van der Waals surface area (Å²) < 4.78 is 21.0. The Morgan fingerprint density at radius 1 is 1.40 bits per heavy atom. The van der Waals surface area contributed by atoms with Crippen molar-refractivity contribution in [3.63, 3.8) is 0 Å². The van der Waals surface area contributed by atoms with Crippen molar-refractivity contribution in [3.8, 4) is 11.5 Å². The highest BCUT2D eigenvalue weighted by atomic mass is 16.6. The summed E-state index contributed by atoms with van der Waals surface area (Å²) in [7, 11) is 2.56. The van der Waals surface area contributed by atoms with Gasteiger partial charge in [-0.25, -0.2) is 4.79 Å². The first kappa shape index (κ1) is 18.9. The van der Waals surface area contributed by atoms with Crippen molar-refractivity contribution in [2.45, 2.75) is 18.9 Å².